The van der Waals surface area contributed by atoms with Crippen molar-refractivity contribution in [1.82, 2.24) is 4.98 Å². The fourth-order valence-electron chi connectivity index (χ4n) is 2.18. The quantitative estimate of drug-likeness (QED) is 0.576. The molecule has 0 radical (unpaired) electrons. The second kappa shape index (κ2) is 5.13. The van der Waals surface area contributed by atoms with Gasteiger partial charge < -0.3 is 4.98 Å². The minimum Gasteiger partial charge on any atom is -0.360 e. The highest BCUT2D eigenvalue weighted by atomic mass is 32.2. The van der Waals surface area contributed by atoms with Crippen molar-refractivity contribution in [3.05, 3.63) is 65.6 Å². The van der Waals surface area contributed by atoms with Crippen molar-refractivity contribution in [1.29, 1.82) is 0 Å². The zero-order valence-electron chi connectivity index (χ0n) is 10.8. The highest BCUT2D eigenvalue weighted by Gasteiger charge is 2.14. The van der Waals surface area contributed by atoms with Crippen LogP contribution in [0.3, 0.4) is 0 Å². The summed E-state index contributed by atoms with van der Waals surface area (Å²) >= 11 is 1.63. The third-order valence-corrected chi connectivity index (χ3v) is 3.98. The number of fused-ring (bicyclic) bond motifs is 1. The molecule has 2 nitrogen and oxygen atoms in total. The number of benzene rings is 2. The maximum absolute atomic E-state index is 13.1. The first-order valence-corrected chi connectivity index (χ1v) is 7.37. The molecule has 4 heteroatoms. The zero-order valence-corrected chi connectivity index (χ0v) is 11.6. The van der Waals surface area contributed by atoms with Crippen molar-refractivity contribution in [3.8, 4) is 0 Å². The topological polar surface area (TPSA) is 32.9 Å². The van der Waals surface area contributed by atoms with Gasteiger partial charge in [-0.2, -0.15) is 0 Å². The fraction of sp³-hybridized carbons (Fsp3) is 0.0625. The molecular weight excluding hydrogens is 273 g/mol. The molecule has 100 valence electrons. The predicted octanol–water partition coefficient (Wildman–Crippen LogP) is 4.26. The summed E-state index contributed by atoms with van der Waals surface area (Å²) in [5, 5.41) is 0.741. The van der Waals surface area contributed by atoms with Gasteiger partial charge in [0.2, 0.25) is 0 Å². The second-order valence-electron chi connectivity index (χ2n) is 4.45. The molecule has 0 unspecified atom stereocenters. The number of carbonyl (C=O) groups is 1. The van der Waals surface area contributed by atoms with Crippen LogP contribution in [0.2, 0.25) is 0 Å². The smallest absolute Gasteiger partial charge is 0.195 e. The van der Waals surface area contributed by atoms with Crippen LogP contribution >= 0.6 is 11.8 Å². The maximum atomic E-state index is 13.1. The van der Waals surface area contributed by atoms with Gasteiger partial charge in [-0.1, -0.05) is 0 Å². The van der Waals surface area contributed by atoms with Gasteiger partial charge in [-0.25, -0.2) is 4.39 Å². The highest BCUT2D eigenvalue weighted by molar-refractivity contribution is 7.98. The molecule has 0 saturated carbocycles. The van der Waals surface area contributed by atoms with E-state index < -0.39 is 0 Å². The van der Waals surface area contributed by atoms with Crippen LogP contribution in [-0.2, 0) is 0 Å². The summed E-state index contributed by atoms with van der Waals surface area (Å²) in [6, 6.07) is 11.9. The first kappa shape index (κ1) is 12.9. The van der Waals surface area contributed by atoms with Gasteiger partial charge in [0, 0.05) is 33.1 Å². The second-order valence-corrected chi connectivity index (χ2v) is 5.33. The molecular formula is C16H12FNOS. The van der Waals surface area contributed by atoms with E-state index in [1.54, 1.807) is 24.0 Å². The molecule has 0 bridgehead atoms. The van der Waals surface area contributed by atoms with Gasteiger partial charge >= 0.3 is 0 Å². The van der Waals surface area contributed by atoms with Crippen molar-refractivity contribution >= 4 is 28.4 Å². The number of hydrogen-bond donors (Lipinski definition) is 1. The number of halogens is 1. The number of nitrogens with one attached hydrogen (secondary N) is 1. The molecule has 0 aliphatic heterocycles. The Bertz CT molecular complexity index is 777. The number of rotatable bonds is 3. The van der Waals surface area contributed by atoms with Crippen LogP contribution in [0.1, 0.15) is 15.9 Å². The van der Waals surface area contributed by atoms with Crippen molar-refractivity contribution in [2.75, 3.05) is 6.26 Å². The molecule has 20 heavy (non-hydrogen) atoms. The van der Waals surface area contributed by atoms with Crippen LogP contribution in [0, 0.1) is 5.82 Å². The van der Waals surface area contributed by atoms with Gasteiger partial charge in [-0.3, -0.25) is 4.79 Å². The molecule has 0 spiro atoms. The largest absolute Gasteiger partial charge is 0.360 e. The van der Waals surface area contributed by atoms with E-state index in [1.807, 2.05) is 30.5 Å². The zero-order chi connectivity index (χ0) is 14.1. The normalized spacial score (nSPS) is 10.9. The van der Waals surface area contributed by atoms with Crippen LogP contribution < -0.4 is 0 Å². The fourth-order valence-corrected chi connectivity index (χ4v) is 2.59. The Labute approximate surface area is 120 Å². The van der Waals surface area contributed by atoms with Gasteiger partial charge in [0.05, 0.1) is 0 Å². The molecule has 0 atom stereocenters. The van der Waals surface area contributed by atoms with Crippen molar-refractivity contribution in [3.63, 3.8) is 0 Å². The lowest BCUT2D eigenvalue weighted by Crippen LogP contribution is -1.99. The number of carbonyl (C=O) groups excluding carboxylic acids is 1. The Morgan fingerprint density at radius 2 is 1.90 bits per heavy atom. The van der Waals surface area contributed by atoms with Gasteiger partial charge in [-0.15, -0.1) is 11.8 Å². The average molecular weight is 285 g/mol. The molecule has 1 heterocycles. The van der Waals surface area contributed by atoms with E-state index in [4.69, 9.17) is 0 Å². The number of thioether (sulfide) groups is 1. The molecule has 0 aliphatic carbocycles. The summed E-state index contributed by atoms with van der Waals surface area (Å²) in [6.07, 6.45) is 3.62. The van der Waals surface area contributed by atoms with Crippen LogP contribution in [0.25, 0.3) is 10.9 Å². The molecule has 1 N–H and O–H groups in total. The number of aromatic nitrogens is 1. The predicted molar refractivity (Wildman–Crippen MR) is 79.9 cm³/mol. The third-order valence-electron chi connectivity index (χ3n) is 3.24. The van der Waals surface area contributed by atoms with Crippen molar-refractivity contribution in [2.45, 2.75) is 4.90 Å². The monoisotopic (exact) mass is 285 g/mol. The van der Waals surface area contributed by atoms with Gasteiger partial charge in [-0.05, 0) is 48.7 Å². The third kappa shape index (κ3) is 2.23. The van der Waals surface area contributed by atoms with E-state index in [0.717, 1.165) is 10.3 Å². The molecule has 0 aliphatic rings. The summed E-state index contributed by atoms with van der Waals surface area (Å²) < 4.78 is 13.1. The van der Waals surface area contributed by atoms with E-state index >= 15 is 0 Å². The highest BCUT2D eigenvalue weighted by Crippen LogP contribution is 2.23. The van der Waals surface area contributed by atoms with Crippen molar-refractivity contribution in [2.24, 2.45) is 0 Å². The summed E-state index contributed by atoms with van der Waals surface area (Å²) in [6.45, 7) is 0. The van der Waals surface area contributed by atoms with Crippen LogP contribution in [0.5, 0.6) is 0 Å². The molecule has 1 aromatic heterocycles. The lowest BCUT2D eigenvalue weighted by Gasteiger charge is -2.01. The van der Waals surface area contributed by atoms with Gasteiger partial charge in [0.15, 0.2) is 5.78 Å². The molecule has 2 aromatic carbocycles. The Morgan fingerprint density at radius 1 is 1.15 bits per heavy atom. The molecule has 0 saturated heterocycles. The lowest BCUT2D eigenvalue weighted by atomic mass is 10.0. The average Bonchev–Trinajstić information content (AvgIpc) is 2.89. The molecule has 0 fully saturated rings. The minimum absolute atomic E-state index is 0.0597. The number of hydrogen-bond acceptors (Lipinski definition) is 2. The number of ketones is 1. The first-order chi connectivity index (χ1) is 9.69. The van der Waals surface area contributed by atoms with E-state index in [2.05, 4.69) is 4.98 Å². The van der Waals surface area contributed by atoms with E-state index in [-0.39, 0.29) is 11.6 Å². The van der Waals surface area contributed by atoms with E-state index in [1.165, 1.54) is 12.1 Å². The van der Waals surface area contributed by atoms with Crippen molar-refractivity contribution < 1.29 is 9.18 Å². The molecule has 3 aromatic rings. The standard InChI is InChI=1S/C16H12FNOS/c1-20-12-5-2-10(3-6-12)16(19)14-9-18-15-8-11(17)4-7-13(14)15/h2-9,18H,1H3. The maximum Gasteiger partial charge on any atom is 0.195 e. The summed E-state index contributed by atoms with van der Waals surface area (Å²) in [4.78, 5) is 16.5. The van der Waals surface area contributed by atoms with Crippen LogP contribution in [0.4, 0.5) is 4.39 Å². The summed E-state index contributed by atoms with van der Waals surface area (Å²) in [7, 11) is 0. The van der Waals surface area contributed by atoms with Crippen LogP contribution in [0.15, 0.2) is 53.6 Å². The SMILES string of the molecule is CSc1ccc(C(=O)c2c[nH]c3cc(F)ccc23)cc1. The lowest BCUT2D eigenvalue weighted by molar-refractivity contribution is 0.104. The molecule has 3 rings (SSSR count). The first-order valence-electron chi connectivity index (χ1n) is 6.14. The Kier molecular flexibility index (Phi) is 3.32. The van der Waals surface area contributed by atoms with E-state index in [0.29, 0.717) is 16.6 Å². The molecule has 0 amide bonds. The Balaban J connectivity index is 2.03. The van der Waals surface area contributed by atoms with Gasteiger partial charge in [0.25, 0.3) is 0 Å². The Hall–Kier alpha value is -2.07. The van der Waals surface area contributed by atoms with E-state index in [9.17, 15) is 9.18 Å². The minimum atomic E-state index is -0.317. The number of H-pyrrole nitrogens is 1. The van der Waals surface area contributed by atoms with Crippen LogP contribution in [-0.4, -0.2) is 17.0 Å². The Morgan fingerprint density at radius 3 is 2.60 bits per heavy atom. The van der Waals surface area contributed by atoms with Gasteiger partial charge in [0.1, 0.15) is 5.82 Å². The summed E-state index contributed by atoms with van der Waals surface area (Å²) in [5.74, 6) is -0.377. The summed E-state index contributed by atoms with van der Waals surface area (Å²) in [5.41, 5.74) is 1.83. The number of aromatic amines is 1.